The number of aryl methyl sites for hydroxylation is 1. The van der Waals surface area contributed by atoms with Crippen molar-refractivity contribution in [2.75, 3.05) is 19.1 Å². The summed E-state index contributed by atoms with van der Waals surface area (Å²) < 4.78 is 5.37. The molecule has 1 aromatic carbocycles. The Morgan fingerprint density at radius 1 is 1.21 bits per heavy atom. The van der Waals surface area contributed by atoms with E-state index in [1.807, 2.05) is 55.3 Å². The summed E-state index contributed by atoms with van der Waals surface area (Å²) in [5.41, 5.74) is 8.67. The van der Waals surface area contributed by atoms with Gasteiger partial charge in [-0.25, -0.2) is 4.98 Å². The highest BCUT2D eigenvalue weighted by molar-refractivity contribution is 5.66. The Labute approximate surface area is 113 Å². The number of anilines is 2. The SMILES string of the molecule is COc1ccccc1N(C)c1ccc(CN)c(C)n1. The van der Waals surface area contributed by atoms with Gasteiger partial charge < -0.3 is 15.4 Å². The molecule has 4 heteroatoms. The van der Waals surface area contributed by atoms with Gasteiger partial charge in [0, 0.05) is 19.3 Å². The minimum Gasteiger partial charge on any atom is -0.495 e. The second-order valence-corrected chi connectivity index (χ2v) is 4.35. The second-order valence-electron chi connectivity index (χ2n) is 4.35. The van der Waals surface area contributed by atoms with Crippen LogP contribution in [0.3, 0.4) is 0 Å². The molecule has 0 spiro atoms. The van der Waals surface area contributed by atoms with Crippen molar-refractivity contribution in [2.24, 2.45) is 5.73 Å². The van der Waals surface area contributed by atoms with E-state index in [-0.39, 0.29) is 0 Å². The molecule has 100 valence electrons. The number of nitrogens with zero attached hydrogens (tertiary/aromatic N) is 2. The van der Waals surface area contributed by atoms with Gasteiger partial charge in [0.2, 0.25) is 0 Å². The Morgan fingerprint density at radius 2 is 1.95 bits per heavy atom. The molecule has 0 radical (unpaired) electrons. The maximum atomic E-state index is 5.66. The second kappa shape index (κ2) is 5.71. The van der Waals surface area contributed by atoms with E-state index in [9.17, 15) is 0 Å². The van der Waals surface area contributed by atoms with Crippen LogP contribution in [0.4, 0.5) is 11.5 Å². The lowest BCUT2D eigenvalue weighted by molar-refractivity contribution is 0.415. The summed E-state index contributed by atoms with van der Waals surface area (Å²) in [5, 5.41) is 0. The standard InChI is InChI=1S/C15H19N3O/c1-11-12(10-16)8-9-15(17-11)18(2)13-6-4-5-7-14(13)19-3/h4-9H,10,16H2,1-3H3. The number of benzene rings is 1. The van der Waals surface area contributed by atoms with Crippen LogP contribution in [0.15, 0.2) is 36.4 Å². The highest BCUT2D eigenvalue weighted by Gasteiger charge is 2.11. The first-order valence-electron chi connectivity index (χ1n) is 6.20. The third-order valence-corrected chi connectivity index (χ3v) is 3.19. The van der Waals surface area contributed by atoms with Crippen molar-refractivity contribution >= 4 is 11.5 Å². The van der Waals surface area contributed by atoms with Crippen molar-refractivity contribution in [3.63, 3.8) is 0 Å². The van der Waals surface area contributed by atoms with Crippen LogP contribution >= 0.6 is 0 Å². The molecular weight excluding hydrogens is 238 g/mol. The molecule has 0 bridgehead atoms. The highest BCUT2D eigenvalue weighted by Crippen LogP contribution is 2.31. The molecule has 0 saturated carbocycles. The van der Waals surface area contributed by atoms with Crippen molar-refractivity contribution < 1.29 is 4.74 Å². The van der Waals surface area contributed by atoms with E-state index >= 15 is 0 Å². The number of methoxy groups -OCH3 is 1. The molecule has 4 nitrogen and oxygen atoms in total. The van der Waals surface area contributed by atoms with Crippen molar-refractivity contribution in [3.05, 3.63) is 47.7 Å². The van der Waals surface area contributed by atoms with Crippen molar-refractivity contribution in [1.29, 1.82) is 0 Å². The van der Waals surface area contributed by atoms with Gasteiger partial charge in [0.05, 0.1) is 12.8 Å². The highest BCUT2D eigenvalue weighted by atomic mass is 16.5. The molecule has 0 aliphatic carbocycles. The van der Waals surface area contributed by atoms with Gasteiger partial charge >= 0.3 is 0 Å². The van der Waals surface area contributed by atoms with E-state index < -0.39 is 0 Å². The first kappa shape index (κ1) is 13.4. The van der Waals surface area contributed by atoms with Crippen LogP contribution in [0, 0.1) is 6.92 Å². The number of nitrogens with two attached hydrogens (primary N) is 1. The lowest BCUT2D eigenvalue weighted by Crippen LogP contribution is -2.13. The van der Waals surface area contributed by atoms with E-state index in [4.69, 9.17) is 10.5 Å². The summed E-state index contributed by atoms with van der Waals surface area (Å²) in [4.78, 5) is 6.59. The average Bonchev–Trinajstić information content (AvgIpc) is 2.46. The van der Waals surface area contributed by atoms with E-state index in [0.717, 1.165) is 28.5 Å². The van der Waals surface area contributed by atoms with Crippen molar-refractivity contribution in [3.8, 4) is 5.75 Å². The van der Waals surface area contributed by atoms with Gasteiger partial charge in [0.1, 0.15) is 11.6 Å². The van der Waals surface area contributed by atoms with Gasteiger partial charge in [-0.05, 0) is 30.7 Å². The number of rotatable bonds is 4. The Kier molecular flexibility index (Phi) is 4.02. The normalized spacial score (nSPS) is 10.3. The van der Waals surface area contributed by atoms with Crippen LogP contribution in [-0.4, -0.2) is 19.1 Å². The fourth-order valence-corrected chi connectivity index (χ4v) is 2.01. The number of hydrogen-bond acceptors (Lipinski definition) is 4. The van der Waals surface area contributed by atoms with Gasteiger partial charge in [-0.15, -0.1) is 0 Å². The molecule has 2 rings (SSSR count). The molecule has 0 aliphatic rings. The predicted molar refractivity (Wildman–Crippen MR) is 77.9 cm³/mol. The summed E-state index contributed by atoms with van der Waals surface area (Å²) in [6, 6.07) is 11.9. The molecule has 0 unspecified atom stereocenters. The zero-order valence-corrected chi connectivity index (χ0v) is 11.6. The van der Waals surface area contributed by atoms with Gasteiger partial charge in [-0.2, -0.15) is 0 Å². The molecule has 19 heavy (non-hydrogen) atoms. The summed E-state index contributed by atoms with van der Waals surface area (Å²) in [7, 11) is 3.64. The minimum atomic E-state index is 0.511. The molecule has 0 fully saturated rings. The van der Waals surface area contributed by atoms with Crippen LogP contribution in [0.25, 0.3) is 0 Å². The first-order valence-corrected chi connectivity index (χ1v) is 6.20. The first-order chi connectivity index (χ1) is 9.17. The third-order valence-electron chi connectivity index (χ3n) is 3.19. The van der Waals surface area contributed by atoms with E-state index in [0.29, 0.717) is 6.54 Å². The number of para-hydroxylation sites is 2. The van der Waals surface area contributed by atoms with Crippen molar-refractivity contribution in [1.82, 2.24) is 4.98 Å². The zero-order valence-electron chi connectivity index (χ0n) is 11.6. The Balaban J connectivity index is 2.38. The van der Waals surface area contributed by atoms with Gasteiger partial charge in [0.15, 0.2) is 0 Å². The largest absolute Gasteiger partial charge is 0.495 e. The van der Waals surface area contributed by atoms with Gasteiger partial charge in [0.25, 0.3) is 0 Å². The maximum absolute atomic E-state index is 5.66. The summed E-state index contributed by atoms with van der Waals surface area (Å²) in [6.45, 7) is 2.49. The number of ether oxygens (including phenoxy) is 1. The molecule has 1 aromatic heterocycles. The van der Waals surface area contributed by atoms with Crippen molar-refractivity contribution in [2.45, 2.75) is 13.5 Å². The Bertz CT molecular complexity index is 569. The average molecular weight is 257 g/mol. The lowest BCUT2D eigenvalue weighted by Gasteiger charge is -2.21. The van der Waals surface area contributed by atoms with Crippen LogP contribution in [-0.2, 0) is 6.54 Å². The molecule has 0 aliphatic heterocycles. The van der Waals surface area contributed by atoms with Crippen LogP contribution in [0.1, 0.15) is 11.3 Å². The van der Waals surface area contributed by atoms with Gasteiger partial charge in [-0.1, -0.05) is 18.2 Å². The topological polar surface area (TPSA) is 51.4 Å². The molecule has 0 amide bonds. The molecular formula is C15H19N3O. The van der Waals surface area contributed by atoms with Gasteiger partial charge in [-0.3, -0.25) is 0 Å². The quantitative estimate of drug-likeness (QED) is 0.914. The zero-order chi connectivity index (χ0) is 13.8. The fraction of sp³-hybridized carbons (Fsp3) is 0.267. The molecule has 0 saturated heterocycles. The molecule has 2 aromatic rings. The van der Waals surface area contributed by atoms with E-state index in [1.165, 1.54) is 0 Å². The summed E-state index contributed by atoms with van der Waals surface area (Å²) in [6.07, 6.45) is 0. The van der Waals surface area contributed by atoms with E-state index in [1.54, 1.807) is 7.11 Å². The van der Waals surface area contributed by atoms with Crippen LogP contribution in [0.2, 0.25) is 0 Å². The molecule has 1 heterocycles. The lowest BCUT2D eigenvalue weighted by atomic mass is 10.2. The summed E-state index contributed by atoms with van der Waals surface area (Å²) in [5.74, 6) is 1.70. The summed E-state index contributed by atoms with van der Waals surface area (Å²) >= 11 is 0. The smallest absolute Gasteiger partial charge is 0.142 e. The Morgan fingerprint density at radius 3 is 2.58 bits per heavy atom. The predicted octanol–water partition coefficient (Wildman–Crippen LogP) is 2.63. The number of pyridine rings is 1. The monoisotopic (exact) mass is 257 g/mol. The molecule has 0 atom stereocenters. The van der Waals surface area contributed by atoms with E-state index in [2.05, 4.69) is 4.98 Å². The maximum Gasteiger partial charge on any atom is 0.142 e. The fourth-order valence-electron chi connectivity index (χ4n) is 2.01. The Hall–Kier alpha value is -2.07. The number of aromatic nitrogens is 1. The third kappa shape index (κ3) is 2.69. The number of hydrogen-bond donors (Lipinski definition) is 1. The van der Waals surface area contributed by atoms with Crippen LogP contribution < -0.4 is 15.4 Å². The van der Waals surface area contributed by atoms with Crippen LogP contribution in [0.5, 0.6) is 5.75 Å². The molecule has 2 N–H and O–H groups in total. The minimum absolute atomic E-state index is 0.511.